The van der Waals surface area contributed by atoms with Gasteiger partial charge < -0.3 is 29.6 Å². The lowest BCUT2D eigenvalue weighted by Gasteiger charge is -2.20. The fourth-order valence-corrected chi connectivity index (χ4v) is 2.97. The van der Waals surface area contributed by atoms with Crippen molar-refractivity contribution >= 4 is 23.2 Å². The van der Waals surface area contributed by atoms with E-state index < -0.39 is 0 Å². The molecule has 0 radical (unpaired) electrons. The first-order valence-electron chi connectivity index (χ1n) is 8.42. The first kappa shape index (κ1) is 19.0. The molecule has 2 aromatic carbocycles. The lowest BCUT2D eigenvalue weighted by atomic mass is 10.2. The molecule has 8 heteroatoms. The van der Waals surface area contributed by atoms with E-state index in [-0.39, 0.29) is 0 Å². The van der Waals surface area contributed by atoms with Crippen molar-refractivity contribution < 1.29 is 18.9 Å². The summed E-state index contributed by atoms with van der Waals surface area (Å²) < 4.78 is 21.7. The number of guanidine groups is 1. The number of anilines is 1. The summed E-state index contributed by atoms with van der Waals surface area (Å²) in [6.45, 7) is 1.54. The van der Waals surface area contributed by atoms with Gasteiger partial charge in [-0.2, -0.15) is 0 Å². The Kier molecular flexibility index (Phi) is 6.13. The summed E-state index contributed by atoms with van der Waals surface area (Å²) in [6.07, 6.45) is 0. The number of hydrogen-bond acceptors (Lipinski definition) is 5. The zero-order chi connectivity index (χ0) is 19.2. The van der Waals surface area contributed by atoms with Crippen LogP contribution >= 0.6 is 11.6 Å². The molecule has 7 nitrogen and oxygen atoms in total. The Labute approximate surface area is 163 Å². The maximum Gasteiger partial charge on any atom is 0.195 e. The van der Waals surface area contributed by atoms with Gasteiger partial charge >= 0.3 is 0 Å². The lowest BCUT2D eigenvalue weighted by Crippen LogP contribution is -2.30. The molecule has 0 saturated heterocycles. The number of halogens is 1. The van der Waals surface area contributed by atoms with Crippen molar-refractivity contribution in [3.63, 3.8) is 0 Å². The minimum absolute atomic E-state index is 0.506. The first-order chi connectivity index (χ1) is 13.1. The van der Waals surface area contributed by atoms with Gasteiger partial charge in [0.2, 0.25) is 0 Å². The van der Waals surface area contributed by atoms with Crippen molar-refractivity contribution in [1.82, 2.24) is 5.32 Å². The molecule has 0 aliphatic carbocycles. The fourth-order valence-electron chi connectivity index (χ4n) is 2.68. The van der Waals surface area contributed by atoms with E-state index in [0.29, 0.717) is 53.7 Å². The number of ether oxygens (including phenoxy) is 4. The summed E-state index contributed by atoms with van der Waals surface area (Å²) in [4.78, 5) is 4.24. The summed E-state index contributed by atoms with van der Waals surface area (Å²) in [6, 6.07) is 9.32. The Hall–Kier alpha value is -2.80. The molecule has 0 unspecified atom stereocenters. The summed E-state index contributed by atoms with van der Waals surface area (Å²) >= 11 is 6.28. The molecular weight excluding hydrogens is 370 g/mol. The van der Waals surface area contributed by atoms with Gasteiger partial charge in [0.1, 0.15) is 13.2 Å². The van der Waals surface area contributed by atoms with Crippen molar-refractivity contribution in [1.29, 1.82) is 0 Å². The number of rotatable bonds is 5. The predicted molar refractivity (Wildman–Crippen MR) is 106 cm³/mol. The van der Waals surface area contributed by atoms with E-state index in [4.69, 9.17) is 30.5 Å². The molecule has 0 aromatic heterocycles. The van der Waals surface area contributed by atoms with Gasteiger partial charge in [0.25, 0.3) is 0 Å². The van der Waals surface area contributed by atoms with Gasteiger partial charge in [-0.3, -0.25) is 4.99 Å². The number of benzene rings is 2. The summed E-state index contributed by atoms with van der Waals surface area (Å²) in [5.41, 5.74) is 1.78. The Morgan fingerprint density at radius 2 is 1.89 bits per heavy atom. The van der Waals surface area contributed by atoms with Gasteiger partial charge in [0, 0.05) is 25.3 Å². The van der Waals surface area contributed by atoms with E-state index in [9.17, 15) is 0 Å². The molecule has 1 heterocycles. The van der Waals surface area contributed by atoms with Crippen molar-refractivity contribution in [2.24, 2.45) is 4.99 Å². The SMILES string of the molecule is CN=C(NCc1cc(Cl)c2c(c1)OCCO2)Nc1ccc(OC)c(OC)c1. The second-order valence-electron chi connectivity index (χ2n) is 5.72. The monoisotopic (exact) mass is 391 g/mol. The molecule has 27 heavy (non-hydrogen) atoms. The van der Waals surface area contributed by atoms with Crippen molar-refractivity contribution in [3.8, 4) is 23.0 Å². The molecule has 0 spiro atoms. The molecule has 0 fully saturated rings. The second-order valence-corrected chi connectivity index (χ2v) is 6.13. The van der Waals surface area contributed by atoms with Gasteiger partial charge in [-0.05, 0) is 29.8 Å². The van der Waals surface area contributed by atoms with Gasteiger partial charge in [-0.1, -0.05) is 11.6 Å². The highest BCUT2D eigenvalue weighted by Gasteiger charge is 2.16. The summed E-state index contributed by atoms with van der Waals surface area (Å²) in [7, 11) is 4.90. The first-order valence-corrected chi connectivity index (χ1v) is 8.80. The third-order valence-electron chi connectivity index (χ3n) is 3.99. The number of hydrogen-bond donors (Lipinski definition) is 2. The third kappa shape index (κ3) is 4.49. The highest BCUT2D eigenvalue weighted by molar-refractivity contribution is 6.32. The van der Waals surface area contributed by atoms with Crippen LogP contribution in [0.5, 0.6) is 23.0 Å². The molecule has 0 saturated carbocycles. The van der Waals surface area contributed by atoms with Crippen LogP contribution in [0.3, 0.4) is 0 Å². The molecule has 1 aliphatic heterocycles. The predicted octanol–water partition coefficient (Wildman–Crippen LogP) is 3.32. The summed E-state index contributed by atoms with van der Waals surface area (Å²) in [5.74, 6) is 3.16. The number of aliphatic imine (C=N–C) groups is 1. The highest BCUT2D eigenvalue weighted by atomic mass is 35.5. The number of fused-ring (bicyclic) bond motifs is 1. The zero-order valence-corrected chi connectivity index (χ0v) is 16.2. The molecule has 1 aliphatic rings. The maximum absolute atomic E-state index is 6.28. The van der Waals surface area contributed by atoms with Crippen molar-refractivity contribution in [2.45, 2.75) is 6.54 Å². The second kappa shape index (κ2) is 8.73. The van der Waals surface area contributed by atoms with E-state index in [1.807, 2.05) is 30.3 Å². The van der Waals surface area contributed by atoms with E-state index in [2.05, 4.69) is 15.6 Å². The average molecular weight is 392 g/mol. The largest absolute Gasteiger partial charge is 0.493 e. The molecule has 144 valence electrons. The van der Waals surface area contributed by atoms with Crippen LogP contribution in [0.25, 0.3) is 0 Å². The molecule has 0 atom stereocenters. The third-order valence-corrected chi connectivity index (χ3v) is 4.27. The number of methoxy groups -OCH3 is 2. The Morgan fingerprint density at radius 1 is 1.11 bits per heavy atom. The molecule has 2 aromatic rings. The smallest absolute Gasteiger partial charge is 0.195 e. The van der Waals surface area contributed by atoms with Crippen LogP contribution < -0.4 is 29.6 Å². The minimum Gasteiger partial charge on any atom is -0.493 e. The van der Waals surface area contributed by atoms with Gasteiger partial charge in [-0.25, -0.2) is 0 Å². The van der Waals surface area contributed by atoms with Crippen LogP contribution in [0, 0.1) is 0 Å². The molecule has 2 N–H and O–H groups in total. The normalized spacial score (nSPS) is 13.1. The number of nitrogens with one attached hydrogen (secondary N) is 2. The van der Waals surface area contributed by atoms with Gasteiger partial charge in [-0.15, -0.1) is 0 Å². The van der Waals surface area contributed by atoms with E-state index in [0.717, 1.165) is 11.3 Å². The molecule has 0 amide bonds. The van der Waals surface area contributed by atoms with Crippen LogP contribution in [-0.2, 0) is 6.54 Å². The lowest BCUT2D eigenvalue weighted by molar-refractivity contribution is 0.171. The zero-order valence-electron chi connectivity index (χ0n) is 15.5. The molecular formula is C19H22ClN3O4. The topological polar surface area (TPSA) is 73.3 Å². The Bertz CT molecular complexity index is 842. The summed E-state index contributed by atoms with van der Waals surface area (Å²) in [5, 5.41) is 7.00. The highest BCUT2D eigenvalue weighted by Crippen LogP contribution is 2.38. The van der Waals surface area contributed by atoms with E-state index in [1.54, 1.807) is 21.3 Å². The Morgan fingerprint density at radius 3 is 2.63 bits per heavy atom. The molecule has 0 bridgehead atoms. The van der Waals surface area contributed by atoms with Crippen molar-refractivity contribution in [2.75, 3.05) is 39.8 Å². The van der Waals surface area contributed by atoms with Gasteiger partial charge in [0.05, 0.1) is 19.2 Å². The molecule has 3 rings (SSSR count). The average Bonchev–Trinajstić information content (AvgIpc) is 2.71. The standard InChI is InChI=1S/C19H22ClN3O4/c1-21-19(23-13-4-5-15(24-2)16(10-13)25-3)22-11-12-8-14(20)18-17(9-12)26-6-7-27-18/h4-5,8-10H,6-7,11H2,1-3H3,(H2,21,22,23). The number of nitrogens with zero attached hydrogens (tertiary/aromatic N) is 1. The van der Waals surface area contributed by atoms with Crippen LogP contribution in [0.2, 0.25) is 5.02 Å². The van der Waals surface area contributed by atoms with Crippen LogP contribution in [0.15, 0.2) is 35.3 Å². The quantitative estimate of drug-likeness (QED) is 0.601. The van der Waals surface area contributed by atoms with Gasteiger partial charge in [0.15, 0.2) is 29.0 Å². The minimum atomic E-state index is 0.506. The van der Waals surface area contributed by atoms with Crippen LogP contribution in [0.4, 0.5) is 5.69 Å². The van der Waals surface area contributed by atoms with Crippen LogP contribution in [0.1, 0.15) is 5.56 Å². The Balaban J connectivity index is 1.67. The maximum atomic E-state index is 6.28. The fraction of sp³-hybridized carbons (Fsp3) is 0.316. The van der Waals surface area contributed by atoms with E-state index >= 15 is 0 Å². The van der Waals surface area contributed by atoms with E-state index in [1.165, 1.54) is 0 Å². The van der Waals surface area contributed by atoms with Crippen LogP contribution in [-0.4, -0.2) is 40.4 Å². The van der Waals surface area contributed by atoms with Crippen molar-refractivity contribution in [3.05, 3.63) is 40.9 Å².